The average molecular weight is 403 g/mol. The van der Waals surface area contributed by atoms with Gasteiger partial charge in [-0.25, -0.2) is 10.1 Å². The molecule has 0 aliphatic heterocycles. The number of aromatic nitrogens is 4. The molecule has 1 amide bonds. The third-order valence-corrected chi connectivity index (χ3v) is 5.02. The van der Waals surface area contributed by atoms with E-state index in [1.165, 1.54) is 30.0 Å². The maximum Gasteiger partial charge on any atom is 0.271 e. The molecule has 11 heteroatoms. The fourth-order valence-corrected chi connectivity index (χ4v) is 3.55. The van der Waals surface area contributed by atoms with E-state index in [4.69, 9.17) is 11.6 Å². The number of hydrogen-bond donors (Lipinski definition) is 2. The van der Waals surface area contributed by atoms with E-state index >= 15 is 0 Å². The van der Waals surface area contributed by atoms with E-state index in [0.29, 0.717) is 16.6 Å². The Morgan fingerprint density at radius 3 is 2.93 bits per heavy atom. The van der Waals surface area contributed by atoms with E-state index in [1.54, 1.807) is 0 Å². The molecule has 0 aliphatic carbocycles. The van der Waals surface area contributed by atoms with Gasteiger partial charge in [0.25, 0.3) is 5.69 Å². The predicted octanol–water partition coefficient (Wildman–Crippen LogP) is 3.50. The number of aromatic amines is 1. The average Bonchev–Trinajstić information content (AvgIpc) is 3.20. The molecule has 0 atom stereocenters. The van der Waals surface area contributed by atoms with E-state index in [2.05, 4.69) is 20.5 Å². The lowest BCUT2D eigenvalue weighted by atomic mass is 10.3. The number of imidazole rings is 1. The molecule has 2 aromatic heterocycles. The first-order chi connectivity index (χ1) is 13.0. The highest BCUT2D eigenvalue weighted by molar-refractivity contribution is 7.99. The molecule has 0 radical (unpaired) electrons. The Hall–Kier alpha value is -3.11. The normalized spacial score (nSPS) is 11.1. The molecule has 0 saturated heterocycles. The van der Waals surface area contributed by atoms with E-state index in [-0.39, 0.29) is 22.4 Å². The minimum Gasteiger partial charge on any atom is -0.324 e. The quantitative estimate of drug-likeness (QED) is 0.299. The van der Waals surface area contributed by atoms with Crippen LogP contribution < -0.4 is 5.32 Å². The summed E-state index contributed by atoms with van der Waals surface area (Å²) in [7, 11) is 0. The lowest BCUT2D eigenvalue weighted by Gasteiger charge is -2.06. The van der Waals surface area contributed by atoms with Crippen molar-refractivity contribution >= 4 is 57.5 Å². The van der Waals surface area contributed by atoms with Crippen molar-refractivity contribution in [1.29, 1.82) is 0 Å². The minimum atomic E-state index is -0.550. The maximum atomic E-state index is 12.2. The number of nitrogens with one attached hydrogen (secondary N) is 2. The van der Waals surface area contributed by atoms with Crippen molar-refractivity contribution < 1.29 is 9.72 Å². The molecule has 0 bridgehead atoms. The van der Waals surface area contributed by atoms with Crippen LogP contribution in [-0.4, -0.2) is 36.2 Å². The first-order valence-corrected chi connectivity index (χ1v) is 9.07. The number of para-hydroxylation sites is 2. The number of hydrogen-bond acceptors (Lipinski definition) is 6. The third kappa shape index (κ3) is 3.32. The molecule has 0 saturated carbocycles. The number of halogens is 1. The van der Waals surface area contributed by atoms with Crippen LogP contribution >= 0.6 is 23.4 Å². The predicted molar refractivity (Wildman–Crippen MR) is 102 cm³/mol. The van der Waals surface area contributed by atoms with Gasteiger partial charge in [-0.2, -0.15) is 0 Å². The molecule has 0 fully saturated rings. The molecule has 0 unspecified atom stereocenters. The van der Waals surface area contributed by atoms with Crippen molar-refractivity contribution in [2.24, 2.45) is 0 Å². The van der Waals surface area contributed by atoms with Gasteiger partial charge < -0.3 is 5.32 Å². The summed E-state index contributed by atoms with van der Waals surface area (Å²) in [5, 5.41) is 21.1. The molecule has 27 heavy (non-hydrogen) atoms. The third-order valence-electron chi connectivity index (χ3n) is 3.77. The number of carbonyl (C=O) groups is 1. The fraction of sp³-hybridized carbons (Fsp3) is 0.0625. The molecule has 2 aromatic carbocycles. The topological polar surface area (TPSA) is 118 Å². The van der Waals surface area contributed by atoms with Crippen molar-refractivity contribution in [3.05, 3.63) is 57.6 Å². The zero-order valence-electron chi connectivity index (χ0n) is 13.5. The second-order valence-corrected chi connectivity index (χ2v) is 6.87. The van der Waals surface area contributed by atoms with Gasteiger partial charge in [-0.3, -0.25) is 19.3 Å². The van der Waals surface area contributed by atoms with Crippen molar-refractivity contribution in [1.82, 2.24) is 19.6 Å². The number of carbonyl (C=O) groups excluding carboxylic acids is 1. The van der Waals surface area contributed by atoms with Crippen LogP contribution in [-0.2, 0) is 4.79 Å². The van der Waals surface area contributed by atoms with Crippen LogP contribution in [0.2, 0.25) is 5.02 Å². The molecule has 2 N–H and O–H groups in total. The maximum absolute atomic E-state index is 12.2. The summed E-state index contributed by atoms with van der Waals surface area (Å²) >= 11 is 7.22. The monoisotopic (exact) mass is 402 g/mol. The van der Waals surface area contributed by atoms with Crippen LogP contribution in [0.25, 0.3) is 16.8 Å². The highest BCUT2D eigenvalue weighted by atomic mass is 35.5. The van der Waals surface area contributed by atoms with Gasteiger partial charge >= 0.3 is 0 Å². The SMILES string of the molecule is O=C(CSc1n[nH]c2nc3ccccc3n12)Nc1ccc([N+](=O)[O-])cc1Cl. The van der Waals surface area contributed by atoms with Gasteiger partial charge in [0.2, 0.25) is 11.7 Å². The van der Waals surface area contributed by atoms with Crippen molar-refractivity contribution in [3.8, 4) is 0 Å². The first kappa shape index (κ1) is 17.3. The van der Waals surface area contributed by atoms with Gasteiger partial charge in [-0.15, -0.1) is 5.10 Å². The molecular weight excluding hydrogens is 392 g/mol. The zero-order chi connectivity index (χ0) is 19.0. The van der Waals surface area contributed by atoms with Crippen LogP contribution in [0.3, 0.4) is 0 Å². The Kier molecular flexibility index (Phi) is 4.42. The molecule has 9 nitrogen and oxygen atoms in total. The Morgan fingerprint density at radius 1 is 1.33 bits per heavy atom. The number of nitro groups is 1. The van der Waals surface area contributed by atoms with Crippen LogP contribution in [0.1, 0.15) is 0 Å². The Balaban J connectivity index is 1.48. The first-order valence-electron chi connectivity index (χ1n) is 7.71. The van der Waals surface area contributed by atoms with Crippen molar-refractivity contribution in [3.63, 3.8) is 0 Å². The van der Waals surface area contributed by atoms with Crippen LogP contribution in [0.15, 0.2) is 47.6 Å². The Bertz CT molecular complexity index is 1190. The summed E-state index contributed by atoms with van der Waals surface area (Å²) in [4.78, 5) is 26.8. The van der Waals surface area contributed by atoms with Gasteiger partial charge in [0.1, 0.15) is 0 Å². The molecule has 0 spiro atoms. The molecule has 2 heterocycles. The molecular formula is C16H11ClN6O3S. The number of nitrogens with zero attached hydrogens (tertiary/aromatic N) is 4. The second-order valence-electron chi connectivity index (χ2n) is 5.52. The van der Waals surface area contributed by atoms with Crippen LogP contribution in [0.5, 0.6) is 0 Å². The standard InChI is InChI=1S/C16H11ClN6O3S/c17-10-7-9(23(25)26)5-6-11(10)18-14(24)8-27-16-21-20-15-19-12-3-1-2-4-13(12)22(15)16/h1-7H,8H2,(H,18,24)(H,19,20). The number of thioether (sulfide) groups is 1. The highest BCUT2D eigenvalue weighted by Gasteiger charge is 2.15. The molecule has 4 aromatic rings. The number of amides is 1. The number of nitro benzene ring substituents is 1. The minimum absolute atomic E-state index is 0.0831. The summed E-state index contributed by atoms with van der Waals surface area (Å²) < 4.78 is 1.84. The molecule has 136 valence electrons. The summed E-state index contributed by atoms with van der Waals surface area (Å²) in [5.74, 6) is 0.369. The largest absolute Gasteiger partial charge is 0.324 e. The summed E-state index contributed by atoms with van der Waals surface area (Å²) in [6, 6.07) is 11.5. The number of rotatable bonds is 5. The highest BCUT2D eigenvalue weighted by Crippen LogP contribution is 2.27. The Labute approximate surface area is 160 Å². The van der Waals surface area contributed by atoms with Gasteiger partial charge in [0.05, 0.1) is 32.4 Å². The molecule has 0 aliphatic rings. The van der Waals surface area contributed by atoms with E-state index in [0.717, 1.165) is 11.0 Å². The van der Waals surface area contributed by atoms with Crippen LogP contribution in [0, 0.1) is 10.1 Å². The van der Waals surface area contributed by atoms with Gasteiger partial charge in [0, 0.05) is 12.1 Å². The van der Waals surface area contributed by atoms with E-state index < -0.39 is 4.92 Å². The summed E-state index contributed by atoms with van der Waals surface area (Å²) in [6.07, 6.45) is 0. The van der Waals surface area contributed by atoms with Gasteiger partial charge in [-0.05, 0) is 18.2 Å². The number of H-pyrrole nitrogens is 1. The van der Waals surface area contributed by atoms with Gasteiger partial charge in [-0.1, -0.05) is 35.5 Å². The van der Waals surface area contributed by atoms with Crippen LogP contribution in [0.4, 0.5) is 11.4 Å². The number of fused-ring (bicyclic) bond motifs is 3. The lowest BCUT2D eigenvalue weighted by Crippen LogP contribution is -2.14. The fourth-order valence-electron chi connectivity index (χ4n) is 2.57. The van der Waals surface area contributed by atoms with E-state index in [9.17, 15) is 14.9 Å². The Morgan fingerprint density at radius 2 is 2.15 bits per heavy atom. The number of anilines is 1. The zero-order valence-corrected chi connectivity index (χ0v) is 15.1. The summed E-state index contributed by atoms with van der Waals surface area (Å²) in [5.41, 5.74) is 1.89. The smallest absolute Gasteiger partial charge is 0.271 e. The second kappa shape index (κ2) is 6.89. The van der Waals surface area contributed by atoms with Crippen molar-refractivity contribution in [2.45, 2.75) is 5.16 Å². The number of benzene rings is 2. The lowest BCUT2D eigenvalue weighted by molar-refractivity contribution is -0.384. The van der Waals surface area contributed by atoms with Crippen molar-refractivity contribution in [2.75, 3.05) is 11.1 Å². The van der Waals surface area contributed by atoms with E-state index in [1.807, 2.05) is 28.7 Å². The molecule has 4 rings (SSSR count). The van der Waals surface area contributed by atoms with Gasteiger partial charge in [0.15, 0.2) is 5.16 Å². The number of non-ortho nitro benzene ring substituents is 1. The summed E-state index contributed by atoms with van der Waals surface area (Å²) in [6.45, 7) is 0.